The van der Waals surface area contributed by atoms with E-state index in [2.05, 4.69) is 5.32 Å². The molecule has 0 aliphatic heterocycles. The van der Waals surface area contributed by atoms with Crippen LogP contribution in [0, 0.1) is 5.92 Å². The highest BCUT2D eigenvalue weighted by molar-refractivity contribution is 5.77. The summed E-state index contributed by atoms with van der Waals surface area (Å²) < 4.78 is 4.78. The molecule has 1 amide bonds. The maximum absolute atomic E-state index is 11.6. The summed E-state index contributed by atoms with van der Waals surface area (Å²) in [6, 6.07) is 0. The fourth-order valence-corrected chi connectivity index (χ4v) is 2.26. The Balaban J connectivity index is 2.06. The van der Waals surface area contributed by atoms with Crippen molar-refractivity contribution in [3.8, 4) is 0 Å². The van der Waals surface area contributed by atoms with Gasteiger partial charge in [0.2, 0.25) is 5.91 Å². The van der Waals surface area contributed by atoms with Crippen LogP contribution in [0.15, 0.2) is 0 Å². The summed E-state index contributed by atoms with van der Waals surface area (Å²) in [6.45, 7) is 2.57. The molecule has 0 radical (unpaired) electrons. The van der Waals surface area contributed by atoms with E-state index in [4.69, 9.17) is 4.74 Å². The molecule has 1 aliphatic rings. The monoisotopic (exact) mass is 241 g/mol. The molecule has 0 unspecified atom stereocenters. The number of nitrogens with one attached hydrogen (secondary N) is 1. The molecule has 1 aliphatic carbocycles. The molecule has 98 valence electrons. The van der Waals surface area contributed by atoms with Crippen LogP contribution < -0.4 is 5.32 Å². The van der Waals surface area contributed by atoms with E-state index in [0.717, 1.165) is 0 Å². The first kappa shape index (κ1) is 14.0. The Morgan fingerprint density at radius 1 is 1.24 bits per heavy atom. The number of hydrogen-bond acceptors (Lipinski definition) is 3. The minimum absolute atomic E-state index is 0.0706. The first-order valence-corrected chi connectivity index (χ1v) is 6.64. The Morgan fingerprint density at radius 3 is 2.59 bits per heavy atom. The Morgan fingerprint density at radius 2 is 1.94 bits per heavy atom. The zero-order valence-corrected chi connectivity index (χ0v) is 10.7. The molecule has 4 heteroatoms. The van der Waals surface area contributed by atoms with Crippen LogP contribution in [0.25, 0.3) is 0 Å². The molecule has 1 fully saturated rings. The van der Waals surface area contributed by atoms with Gasteiger partial charge in [-0.15, -0.1) is 0 Å². The quantitative estimate of drug-likeness (QED) is 0.724. The van der Waals surface area contributed by atoms with Crippen molar-refractivity contribution in [2.75, 3.05) is 13.2 Å². The third-order valence-electron chi connectivity index (χ3n) is 3.16. The maximum Gasteiger partial charge on any atom is 0.307 e. The summed E-state index contributed by atoms with van der Waals surface area (Å²) in [7, 11) is 0. The Kier molecular flexibility index (Phi) is 6.67. The van der Waals surface area contributed by atoms with Crippen LogP contribution in [-0.4, -0.2) is 25.0 Å². The zero-order chi connectivity index (χ0) is 12.5. The lowest BCUT2D eigenvalue weighted by Crippen LogP contribution is -2.28. The topological polar surface area (TPSA) is 55.4 Å². The fraction of sp³-hybridized carbons (Fsp3) is 0.846. The van der Waals surface area contributed by atoms with E-state index in [-0.39, 0.29) is 18.3 Å². The molecule has 1 saturated carbocycles. The molecular formula is C13H23NO3. The number of esters is 1. The van der Waals surface area contributed by atoms with Crippen molar-refractivity contribution in [2.45, 2.75) is 51.9 Å². The van der Waals surface area contributed by atoms with Gasteiger partial charge >= 0.3 is 5.97 Å². The normalized spacial score (nSPS) is 16.5. The summed E-state index contributed by atoms with van der Waals surface area (Å²) >= 11 is 0. The molecule has 17 heavy (non-hydrogen) atoms. The lowest BCUT2D eigenvalue weighted by molar-refractivity contribution is -0.143. The van der Waals surface area contributed by atoms with Crippen LogP contribution in [0.5, 0.6) is 0 Å². The number of hydrogen-bond donors (Lipinski definition) is 1. The van der Waals surface area contributed by atoms with E-state index in [1.54, 1.807) is 6.92 Å². The molecule has 4 nitrogen and oxygen atoms in total. The summed E-state index contributed by atoms with van der Waals surface area (Å²) in [5.74, 6) is 0.373. The van der Waals surface area contributed by atoms with E-state index < -0.39 is 0 Å². The predicted molar refractivity (Wildman–Crippen MR) is 65.5 cm³/mol. The predicted octanol–water partition coefficient (Wildman–Crippen LogP) is 2.03. The average molecular weight is 241 g/mol. The van der Waals surface area contributed by atoms with Crippen LogP contribution >= 0.6 is 0 Å². The van der Waals surface area contributed by atoms with E-state index in [1.807, 2.05) is 0 Å². The fourth-order valence-electron chi connectivity index (χ4n) is 2.26. The van der Waals surface area contributed by atoms with Crippen LogP contribution in [0.4, 0.5) is 0 Å². The molecular weight excluding hydrogens is 218 g/mol. The SMILES string of the molecule is CCOC(=O)CCNC(=O)CC1CCCCC1. The van der Waals surface area contributed by atoms with Crippen molar-refractivity contribution in [2.24, 2.45) is 5.92 Å². The summed E-state index contributed by atoms with van der Waals surface area (Å²) in [5, 5.41) is 2.78. The Hall–Kier alpha value is -1.06. The molecule has 0 aromatic rings. The van der Waals surface area contributed by atoms with Crippen LogP contribution in [0.3, 0.4) is 0 Å². The van der Waals surface area contributed by atoms with Gasteiger partial charge in [-0.1, -0.05) is 19.3 Å². The highest BCUT2D eigenvalue weighted by atomic mass is 16.5. The van der Waals surface area contributed by atoms with Gasteiger partial charge in [-0.2, -0.15) is 0 Å². The first-order chi connectivity index (χ1) is 8.22. The molecule has 0 bridgehead atoms. The van der Waals surface area contributed by atoms with Gasteiger partial charge in [-0.3, -0.25) is 9.59 Å². The van der Waals surface area contributed by atoms with Crippen molar-refractivity contribution in [1.29, 1.82) is 0 Å². The Labute approximate surface area is 103 Å². The van der Waals surface area contributed by atoms with Crippen molar-refractivity contribution < 1.29 is 14.3 Å². The van der Waals surface area contributed by atoms with Crippen LogP contribution in [0.1, 0.15) is 51.9 Å². The molecule has 0 atom stereocenters. The van der Waals surface area contributed by atoms with Gasteiger partial charge in [0.1, 0.15) is 0 Å². The number of carbonyl (C=O) groups is 2. The highest BCUT2D eigenvalue weighted by Gasteiger charge is 2.16. The summed E-state index contributed by atoms with van der Waals surface area (Å²) in [6.07, 6.45) is 7.03. The van der Waals surface area contributed by atoms with Gasteiger partial charge in [-0.05, 0) is 25.7 Å². The van der Waals surface area contributed by atoms with Gasteiger partial charge in [0.05, 0.1) is 13.0 Å². The maximum atomic E-state index is 11.6. The largest absolute Gasteiger partial charge is 0.466 e. The number of carbonyl (C=O) groups excluding carboxylic acids is 2. The van der Waals surface area contributed by atoms with E-state index >= 15 is 0 Å². The second kappa shape index (κ2) is 8.09. The summed E-state index contributed by atoms with van der Waals surface area (Å²) in [5.41, 5.74) is 0. The van der Waals surface area contributed by atoms with Gasteiger partial charge in [0.15, 0.2) is 0 Å². The van der Waals surface area contributed by atoms with Crippen LogP contribution in [0.2, 0.25) is 0 Å². The smallest absolute Gasteiger partial charge is 0.307 e. The first-order valence-electron chi connectivity index (χ1n) is 6.64. The number of ether oxygens (including phenoxy) is 1. The number of rotatable bonds is 6. The van der Waals surface area contributed by atoms with E-state index in [9.17, 15) is 9.59 Å². The van der Waals surface area contributed by atoms with E-state index in [0.29, 0.717) is 25.5 Å². The molecule has 0 heterocycles. The van der Waals surface area contributed by atoms with E-state index in [1.165, 1.54) is 32.1 Å². The second-order valence-corrected chi connectivity index (χ2v) is 4.61. The van der Waals surface area contributed by atoms with Crippen molar-refractivity contribution in [3.63, 3.8) is 0 Å². The molecule has 0 saturated heterocycles. The molecule has 1 N–H and O–H groups in total. The molecule has 1 rings (SSSR count). The molecule has 0 spiro atoms. The Bertz CT molecular complexity index is 247. The molecule has 0 aromatic heterocycles. The van der Waals surface area contributed by atoms with Crippen LogP contribution in [-0.2, 0) is 14.3 Å². The minimum Gasteiger partial charge on any atom is -0.466 e. The van der Waals surface area contributed by atoms with Crippen molar-refractivity contribution in [1.82, 2.24) is 5.32 Å². The average Bonchev–Trinajstić information content (AvgIpc) is 2.30. The lowest BCUT2D eigenvalue weighted by atomic mass is 9.87. The van der Waals surface area contributed by atoms with Gasteiger partial charge in [0, 0.05) is 13.0 Å². The van der Waals surface area contributed by atoms with Crippen molar-refractivity contribution >= 4 is 11.9 Å². The third-order valence-corrected chi connectivity index (χ3v) is 3.16. The third kappa shape index (κ3) is 6.29. The van der Waals surface area contributed by atoms with Gasteiger partial charge in [-0.25, -0.2) is 0 Å². The van der Waals surface area contributed by atoms with Gasteiger partial charge in [0.25, 0.3) is 0 Å². The highest BCUT2D eigenvalue weighted by Crippen LogP contribution is 2.25. The lowest BCUT2D eigenvalue weighted by Gasteiger charge is -2.20. The number of amides is 1. The standard InChI is InChI=1S/C13H23NO3/c1-2-17-13(16)8-9-14-12(15)10-11-6-4-3-5-7-11/h11H,2-10H2,1H3,(H,14,15). The van der Waals surface area contributed by atoms with Gasteiger partial charge < -0.3 is 10.1 Å². The zero-order valence-electron chi connectivity index (χ0n) is 10.7. The molecule has 0 aromatic carbocycles. The second-order valence-electron chi connectivity index (χ2n) is 4.61. The minimum atomic E-state index is -0.245. The van der Waals surface area contributed by atoms with Crippen molar-refractivity contribution in [3.05, 3.63) is 0 Å². The summed E-state index contributed by atoms with van der Waals surface area (Å²) in [4.78, 5) is 22.6.